The van der Waals surface area contributed by atoms with Crippen LogP contribution in [0.4, 0.5) is 0 Å². The highest BCUT2D eigenvalue weighted by molar-refractivity contribution is 5.75. The summed E-state index contributed by atoms with van der Waals surface area (Å²) in [5.74, 6) is 3.67. The number of carbonyl (C=O) groups excluding carboxylic acids is 1. The van der Waals surface area contributed by atoms with Crippen LogP contribution in [0.3, 0.4) is 0 Å². The van der Waals surface area contributed by atoms with Crippen molar-refractivity contribution in [2.75, 3.05) is 13.1 Å². The van der Waals surface area contributed by atoms with Crippen LogP contribution in [0.5, 0.6) is 0 Å². The minimum Gasteiger partial charge on any atom is -0.393 e. The van der Waals surface area contributed by atoms with Crippen LogP contribution in [-0.4, -0.2) is 41.4 Å². The fourth-order valence-electron chi connectivity index (χ4n) is 9.31. The topological polar surface area (TPSA) is 95.6 Å². The van der Waals surface area contributed by atoms with Crippen molar-refractivity contribution in [2.24, 2.45) is 52.1 Å². The van der Waals surface area contributed by atoms with E-state index >= 15 is 0 Å². The van der Waals surface area contributed by atoms with Gasteiger partial charge in [-0.25, -0.2) is 0 Å². The average Bonchev–Trinajstić information content (AvgIpc) is 3.15. The third-order valence-corrected chi connectivity index (χ3v) is 11.3. The van der Waals surface area contributed by atoms with Crippen molar-refractivity contribution in [2.45, 2.75) is 110 Å². The maximum Gasteiger partial charge on any atom is 0.220 e. The second-order valence-corrected chi connectivity index (χ2v) is 12.7. The molecule has 0 heterocycles. The van der Waals surface area contributed by atoms with Gasteiger partial charge in [-0.05, 0) is 124 Å². The zero-order valence-electron chi connectivity index (χ0n) is 21.4. The Hall–Kier alpha value is -0.650. The lowest BCUT2D eigenvalue weighted by atomic mass is 9.43. The summed E-state index contributed by atoms with van der Waals surface area (Å²) in [6, 6.07) is 0. The normalized spacial score (nSPS) is 45.6. The molecule has 4 aliphatic carbocycles. The van der Waals surface area contributed by atoms with E-state index in [1.165, 1.54) is 25.7 Å². The molecule has 0 bridgehead atoms. The van der Waals surface area contributed by atoms with Gasteiger partial charge in [0.15, 0.2) is 0 Å². The summed E-state index contributed by atoms with van der Waals surface area (Å²) in [6.45, 7) is 8.60. The zero-order chi connectivity index (χ0) is 23.8. The molecule has 33 heavy (non-hydrogen) atoms. The summed E-state index contributed by atoms with van der Waals surface area (Å²) in [4.78, 5) is 12.3. The van der Waals surface area contributed by atoms with Crippen molar-refractivity contribution >= 4 is 5.91 Å². The minimum atomic E-state index is -0.244. The number of hydrogen-bond donors (Lipinski definition) is 4. The van der Waals surface area contributed by atoms with Crippen molar-refractivity contribution in [1.82, 2.24) is 5.32 Å². The number of aliphatic hydroxyl groups excluding tert-OH is 2. The highest BCUT2D eigenvalue weighted by Crippen LogP contribution is 2.68. The second-order valence-electron chi connectivity index (χ2n) is 12.7. The first-order valence-corrected chi connectivity index (χ1v) is 14.0. The molecule has 4 fully saturated rings. The Morgan fingerprint density at radius 2 is 1.85 bits per heavy atom. The van der Waals surface area contributed by atoms with Crippen molar-refractivity contribution in [1.29, 1.82) is 0 Å². The van der Waals surface area contributed by atoms with E-state index in [0.717, 1.165) is 57.4 Å². The van der Waals surface area contributed by atoms with Gasteiger partial charge in [0.1, 0.15) is 0 Å². The molecule has 1 amide bonds. The Bertz CT molecular complexity index is 686. The molecule has 190 valence electrons. The Balaban J connectivity index is 1.40. The maximum absolute atomic E-state index is 12.3. The maximum atomic E-state index is 12.3. The van der Waals surface area contributed by atoms with Gasteiger partial charge in [0.25, 0.3) is 0 Å². The van der Waals surface area contributed by atoms with Crippen molar-refractivity contribution in [3.8, 4) is 0 Å². The Morgan fingerprint density at radius 1 is 1.06 bits per heavy atom. The fraction of sp³-hybridized carbons (Fsp3) is 0.964. The zero-order valence-corrected chi connectivity index (χ0v) is 21.4. The minimum absolute atomic E-state index is 0.0183. The smallest absolute Gasteiger partial charge is 0.220 e. The standard InChI is InChI=1S/C28H50N2O3/c1-18(6-11-26(33)30-15-5-4-14-29)22-9-10-23-21-8-7-19-16-20(31)12-13-27(19,2)24(21)17-25(32)28(22,23)3/h18-25,31-32H,4-17,29H2,1-3H3,(H,30,33)/t18-,19-,20-,21+,22-,23+,24+,25+,27+,28-/m1/s1. The van der Waals surface area contributed by atoms with E-state index in [2.05, 4.69) is 26.1 Å². The highest BCUT2D eigenvalue weighted by Gasteiger charge is 2.63. The van der Waals surface area contributed by atoms with Gasteiger partial charge in [-0.1, -0.05) is 20.8 Å². The number of amides is 1. The number of rotatable bonds is 8. The number of hydrogen-bond acceptors (Lipinski definition) is 4. The molecule has 0 aromatic heterocycles. The summed E-state index contributed by atoms with van der Waals surface area (Å²) in [6.07, 6.45) is 12.0. The largest absolute Gasteiger partial charge is 0.393 e. The van der Waals surface area contributed by atoms with Gasteiger partial charge < -0.3 is 21.3 Å². The lowest BCUT2D eigenvalue weighted by molar-refractivity contribution is -0.174. The van der Waals surface area contributed by atoms with Crippen LogP contribution in [0.1, 0.15) is 97.8 Å². The van der Waals surface area contributed by atoms with E-state index in [1.807, 2.05) is 0 Å². The molecule has 0 spiro atoms. The predicted octanol–water partition coefficient (Wildman–Crippen LogP) is 4.25. The lowest BCUT2D eigenvalue weighted by Crippen LogP contribution is -2.58. The van der Waals surface area contributed by atoms with Crippen LogP contribution in [0.25, 0.3) is 0 Å². The molecule has 0 radical (unpaired) electrons. The van der Waals surface area contributed by atoms with Gasteiger partial charge in [0.2, 0.25) is 5.91 Å². The van der Waals surface area contributed by atoms with Crippen LogP contribution in [-0.2, 0) is 4.79 Å². The van der Waals surface area contributed by atoms with E-state index < -0.39 is 0 Å². The summed E-state index contributed by atoms with van der Waals surface area (Å²) >= 11 is 0. The van der Waals surface area contributed by atoms with Gasteiger partial charge in [-0.15, -0.1) is 0 Å². The van der Waals surface area contributed by atoms with Gasteiger partial charge in [0, 0.05) is 13.0 Å². The highest BCUT2D eigenvalue weighted by atomic mass is 16.3. The molecule has 5 heteroatoms. The molecular weight excluding hydrogens is 412 g/mol. The summed E-state index contributed by atoms with van der Waals surface area (Å²) in [7, 11) is 0. The quantitative estimate of drug-likeness (QED) is 0.406. The molecule has 0 unspecified atom stereocenters. The van der Waals surface area contributed by atoms with E-state index in [1.54, 1.807) is 0 Å². The van der Waals surface area contributed by atoms with Crippen LogP contribution in [0.2, 0.25) is 0 Å². The molecule has 4 aliphatic rings. The molecule has 0 saturated heterocycles. The van der Waals surface area contributed by atoms with Crippen molar-refractivity contribution < 1.29 is 15.0 Å². The van der Waals surface area contributed by atoms with E-state index in [0.29, 0.717) is 42.6 Å². The van der Waals surface area contributed by atoms with Crippen molar-refractivity contribution in [3.05, 3.63) is 0 Å². The van der Waals surface area contributed by atoms with E-state index in [4.69, 9.17) is 5.73 Å². The molecule has 4 saturated carbocycles. The van der Waals surface area contributed by atoms with Crippen molar-refractivity contribution in [3.63, 3.8) is 0 Å². The number of fused-ring (bicyclic) bond motifs is 5. The molecule has 5 nitrogen and oxygen atoms in total. The number of aliphatic hydroxyl groups is 2. The Labute approximate surface area is 201 Å². The number of nitrogens with two attached hydrogens (primary N) is 1. The van der Waals surface area contributed by atoms with Gasteiger partial charge >= 0.3 is 0 Å². The average molecular weight is 463 g/mol. The monoisotopic (exact) mass is 462 g/mol. The Morgan fingerprint density at radius 3 is 2.61 bits per heavy atom. The first kappa shape index (κ1) is 25.4. The fourth-order valence-corrected chi connectivity index (χ4v) is 9.31. The van der Waals surface area contributed by atoms with Gasteiger partial charge in [-0.2, -0.15) is 0 Å². The molecule has 10 atom stereocenters. The summed E-state index contributed by atoms with van der Waals surface area (Å²) < 4.78 is 0. The van der Waals surface area contributed by atoms with Crippen LogP contribution in [0, 0.1) is 46.3 Å². The number of unbranched alkanes of at least 4 members (excludes halogenated alkanes) is 1. The third kappa shape index (κ3) is 4.63. The van der Waals surface area contributed by atoms with Gasteiger partial charge in [-0.3, -0.25) is 4.79 Å². The summed E-state index contributed by atoms with van der Waals surface area (Å²) in [5.41, 5.74) is 5.80. The first-order valence-electron chi connectivity index (χ1n) is 14.0. The van der Waals surface area contributed by atoms with Crippen LogP contribution >= 0.6 is 0 Å². The molecule has 0 aromatic carbocycles. The molecule has 0 aromatic rings. The predicted molar refractivity (Wildman–Crippen MR) is 132 cm³/mol. The number of nitrogens with one attached hydrogen (secondary N) is 1. The summed E-state index contributed by atoms with van der Waals surface area (Å²) in [5, 5.41) is 25.0. The number of carbonyl (C=O) groups is 1. The van der Waals surface area contributed by atoms with Crippen LogP contribution < -0.4 is 11.1 Å². The Kier molecular flexibility index (Phi) is 7.82. The van der Waals surface area contributed by atoms with E-state index in [-0.39, 0.29) is 28.9 Å². The molecule has 0 aliphatic heterocycles. The lowest BCUT2D eigenvalue weighted by Gasteiger charge is -2.62. The third-order valence-electron chi connectivity index (χ3n) is 11.3. The molecule has 4 rings (SSSR count). The first-order chi connectivity index (χ1) is 15.7. The van der Waals surface area contributed by atoms with Gasteiger partial charge in [0.05, 0.1) is 12.2 Å². The molecule has 5 N–H and O–H groups in total. The van der Waals surface area contributed by atoms with E-state index in [9.17, 15) is 15.0 Å². The van der Waals surface area contributed by atoms with Crippen LogP contribution in [0.15, 0.2) is 0 Å². The SMILES string of the molecule is C[C@H](CCC(=O)NCCCCN)[C@H]1CC[C@H]2[C@@H]3CC[C@@H]4C[C@H](O)CC[C@]4(C)[C@H]3C[C@H](O)[C@]12C. The second kappa shape index (κ2) is 10.1. The molecular formula is C28H50N2O3.